The molecule has 2 heterocycles. The van der Waals surface area contributed by atoms with E-state index in [2.05, 4.69) is 31.1 Å². The van der Waals surface area contributed by atoms with Crippen LogP contribution in [0.5, 0.6) is 0 Å². The Morgan fingerprint density at radius 3 is 2.43 bits per heavy atom. The maximum atomic E-state index is 15.1. The van der Waals surface area contributed by atoms with Crippen LogP contribution in [0.3, 0.4) is 0 Å². The molecule has 0 radical (unpaired) electrons. The fraction of sp³-hybridized carbons (Fsp3) is 0.290. The second-order valence-electron chi connectivity index (χ2n) is 11.4. The average molecular weight is 603 g/mol. The molecule has 0 aliphatic heterocycles. The molecule has 1 fully saturated rings. The zero-order valence-electron chi connectivity index (χ0n) is 24.3. The van der Waals surface area contributed by atoms with Crippen molar-refractivity contribution in [3.8, 4) is 22.8 Å². The van der Waals surface area contributed by atoms with E-state index in [0.717, 1.165) is 24.5 Å². The summed E-state index contributed by atoms with van der Waals surface area (Å²) >= 11 is 0. The maximum Gasteiger partial charge on any atom is 0.412 e. The standard InChI is InChI=1S/C31H31FN6O6/c1-31(2,3)43-30(42)34-21-10-7-19(8-11-21)27-37-26(38-44-27)22-12-4-17(14-23(22)32)15-24(28(39)40)35-29(41)36-25-13-9-20(16-33-25)18-5-6-18/h4,7-14,16,18,24H,5-6,15H2,1-3H3,(H,34,42)(H,39,40)(H2,33,35,36,41). The smallest absolute Gasteiger partial charge is 0.412 e. The van der Waals surface area contributed by atoms with Crippen LogP contribution in [0, 0.1) is 5.82 Å². The third kappa shape index (κ3) is 7.94. The van der Waals surface area contributed by atoms with Crippen molar-refractivity contribution in [2.24, 2.45) is 0 Å². The Bertz CT molecular complexity index is 1660. The summed E-state index contributed by atoms with van der Waals surface area (Å²) < 4.78 is 25.6. The van der Waals surface area contributed by atoms with E-state index in [1.54, 1.807) is 57.3 Å². The average Bonchev–Trinajstić information content (AvgIpc) is 3.69. The molecule has 3 amide bonds. The van der Waals surface area contributed by atoms with Gasteiger partial charge in [0.05, 0.1) is 5.56 Å². The molecule has 5 rings (SSSR count). The van der Waals surface area contributed by atoms with Crippen LogP contribution in [-0.2, 0) is 16.0 Å². The van der Waals surface area contributed by atoms with Gasteiger partial charge in [0.25, 0.3) is 5.89 Å². The predicted octanol–water partition coefficient (Wildman–Crippen LogP) is 5.98. The second kappa shape index (κ2) is 12.5. The second-order valence-corrected chi connectivity index (χ2v) is 11.4. The van der Waals surface area contributed by atoms with Crippen molar-refractivity contribution in [2.45, 2.75) is 57.6 Å². The Morgan fingerprint density at radius 1 is 1.07 bits per heavy atom. The van der Waals surface area contributed by atoms with E-state index in [1.807, 2.05) is 6.07 Å². The molecule has 2 aromatic heterocycles. The SMILES string of the molecule is CC(C)(C)OC(=O)Nc1ccc(-c2nc(-c3ccc(CC(NC(=O)Nc4ccc(C5CC5)cn4)C(=O)O)cc3F)no2)cc1. The molecule has 2 aromatic carbocycles. The third-order valence-electron chi connectivity index (χ3n) is 6.60. The van der Waals surface area contributed by atoms with Gasteiger partial charge in [0.2, 0.25) is 5.82 Å². The zero-order chi connectivity index (χ0) is 31.4. The summed E-state index contributed by atoms with van der Waals surface area (Å²) in [6, 6.07) is 12.2. The number of anilines is 2. The molecule has 0 spiro atoms. The first-order valence-corrected chi connectivity index (χ1v) is 13.9. The fourth-order valence-electron chi connectivity index (χ4n) is 4.32. The summed E-state index contributed by atoms with van der Waals surface area (Å²) in [6.45, 7) is 5.29. The van der Waals surface area contributed by atoms with Gasteiger partial charge in [-0.3, -0.25) is 10.6 Å². The van der Waals surface area contributed by atoms with Gasteiger partial charge in [0.1, 0.15) is 23.3 Å². The van der Waals surface area contributed by atoms with Gasteiger partial charge in [-0.1, -0.05) is 17.3 Å². The van der Waals surface area contributed by atoms with E-state index < -0.39 is 35.6 Å². The molecular weight excluding hydrogens is 571 g/mol. The number of halogens is 1. The Hall–Kier alpha value is -5.33. The molecule has 44 heavy (non-hydrogen) atoms. The number of urea groups is 1. The summed E-state index contributed by atoms with van der Waals surface area (Å²) in [5.41, 5.74) is 1.88. The van der Waals surface area contributed by atoms with E-state index in [9.17, 15) is 19.5 Å². The van der Waals surface area contributed by atoms with Crippen molar-refractivity contribution in [3.63, 3.8) is 0 Å². The van der Waals surface area contributed by atoms with Gasteiger partial charge in [0.15, 0.2) is 0 Å². The molecule has 228 valence electrons. The number of benzene rings is 2. The fourth-order valence-corrected chi connectivity index (χ4v) is 4.32. The third-order valence-corrected chi connectivity index (χ3v) is 6.60. The summed E-state index contributed by atoms with van der Waals surface area (Å²) in [5.74, 6) is -1.04. The number of aliphatic carboxylic acids is 1. The van der Waals surface area contributed by atoms with Crippen LogP contribution in [0.25, 0.3) is 22.8 Å². The minimum atomic E-state index is -1.32. The number of hydrogen-bond acceptors (Lipinski definition) is 8. The number of hydrogen-bond donors (Lipinski definition) is 4. The van der Waals surface area contributed by atoms with Crippen LogP contribution in [-0.4, -0.2) is 50.0 Å². The molecule has 13 heteroatoms. The predicted molar refractivity (Wildman–Crippen MR) is 158 cm³/mol. The first-order chi connectivity index (χ1) is 20.9. The van der Waals surface area contributed by atoms with Gasteiger partial charge < -0.3 is 19.7 Å². The highest BCUT2D eigenvalue weighted by Gasteiger charge is 2.25. The molecular formula is C31H31FN6O6. The number of amides is 3. The lowest BCUT2D eigenvalue weighted by Gasteiger charge is -2.19. The van der Waals surface area contributed by atoms with Crippen molar-refractivity contribution < 1.29 is 33.1 Å². The molecule has 1 saturated carbocycles. The summed E-state index contributed by atoms with van der Waals surface area (Å²) in [7, 11) is 0. The summed E-state index contributed by atoms with van der Waals surface area (Å²) in [5, 5.41) is 21.1. The first-order valence-electron chi connectivity index (χ1n) is 13.9. The number of pyridine rings is 1. The Morgan fingerprint density at radius 2 is 1.82 bits per heavy atom. The van der Waals surface area contributed by atoms with Gasteiger partial charge in [-0.05, 0) is 93.1 Å². The van der Waals surface area contributed by atoms with Crippen molar-refractivity contribution in [1.82, 2.24) is 20.4 Å². The number of carbonyl (C=O) groups is 3. The van der Waals surface area contributed by atoms with Crippen molar-refractivity contribution in [3.05, 3.63) is 77.7 Å². The molecule has 4 N–H and O–H groups in total. The van der Waals surface area contributed by atoms with E-state index in [1.165, 1.54) is 12.1 Å². The number of carbonyl (C=O) groups excluding carboxylic acids is 2. The summed E-state index contributed by atoms with van der Waals surface area (Å²) in [6.07, 6.45) is 3.18. The van der Waals surface area contributed by atoms with E-state index in [0.29, 0.717) is 28.6 Å². The molecule has 1 aliphatic rings. The Balaban J connectivity index is 1.20. The van der Waals surface area contributed by atoms with Crippen LogP contribution < -0.4 is 16.0 Å². The Kier molecular flexibility index (Phi) is 8.56. The van der Waals surface area contributed by atoms with E-state index in [4.69, 9.17) is 9.26 Å². The number of rotatable bonds is 9. The monoisotopic (exact) mass is 602 g/mol. The summed E-state index contributed by atoms with van der Waals surface area (Å²) in [4.78, 5) is 44.7. The van der Waals surface area contributed by atoms with E-state index in [-0.39, 0.29) is 23.7 Å². The Labute approximate surface area is 252 Å². The number of nitrogens with zero attached hydrogens (tertiary/aromatic N) is 3. The molecule has 1 aliphatic carbocycles. The number of carboxylic acids is 1. The normalized spacial score (nSPS) is 13.5. The number of carboxylic acid groups (broad SMARTS) is 1. The van der Waals surface area contributed by atoms with Crippen molar-refractivity contribution in [1.29, 1.82) is 0 Å². The highest BCUT2D eigenvalue weighted by molar-refractivity contribution is 5.91. The molecule has 1 unspecified atom stereocenters. The van der Waals surface area contributed by atoms with Crippen LogP contribution in [0.2, 0.25) is 0 Å². The lowest BCUT2D eigenvalue weighted by atomic mass is 10.0. The van der Waals surface area contributed by atoms with Gasteiger partial charge in [-0.25, -0.2) is 23.8 Å². The van der Waals surface area contributed by atoms with Crippen molar-refractivity contribution >= 4 is 29.6 Å². The van der Waals surface area contributed by atoms with Crippen LogP contribution >= 0.6 is 0 Å². The molecule has 0 bridgehead atoms. The minimum Gasteiger partial charge on any atom is -0.480 e. The largest absolute Gasteiger partial charge is 0.480 e. The highest BCUT2D eigenvalue weighted by Crippen LogP contribution is 2.39. The van der Waals surface area contributed by atoms with Gasteiger partial charge >= 0.3 is 18.1 Å². The van der Waals surface area contributed by atoms with Crippen LogP contribution in [0.1, 0.15) is 50.7 Å². The molecule has 0 saturated heterocycles. The maximum absolute atomic E-state index is 15.1. The number of nitrogens with one attached hydrogen (secondary N) is 3. The lowest BCUT2D eigenvalue weighted by molar-refractivity contribution is -0.139. The first kappa shape index (κ1) is 30.1. The van der Waals surface area contributed by atoms with Crippen LogP contribution in [0.15, 0.2) is 65.3 Å². The van der Waals surface area contributed by atoms with Gasteiger partial charge in [0, 0.05) is 23.9 Å². The molecule has 4 aromatic rings. The quantitative estimate of drug-likeness (QED) is 0.180. The minimum absolute atomic E-state index is 0.00695. The molecule has 12 nitrogen and oxygen atoms in total. The number of aromatic nitrogens is 3. The molecule has 1 atom stereocenters. The van der Waals surface area contributed by atoms with Crippen LogP contribution in [0.4, 0.5) is 25.5 Å². The zero-order valence-corrected chi connectivity index (χ0v) is 24.3. The van der Waals surface area contributed by atoms with E-state index >= 15 is 4.39 Å². The van der Waals surface area contributed by atoms with Gasteiger partial charge in [-0.15, -0.1) is 0 Å². The highest BCUT2D eigenvalue weighted by atomic mass is 19.1. The lowest BCUT2D eigenvalue weighted by Crippen LogP contribution is -2.44. The van der Waals surface area contributed by atoms with Crippen molar-refractivity contribution in [2.75, 3.05) is 10.6 Å². The number of ether oxygens (including phenoxy) is 1. The topological polar surface area (TPSA) is 169 Å². The van der Waals surface area contributed by atoms with Gasteiger partial charge in [-0.2, -0.15) is 4.98 Å².